The number of aromatic nitrogens is 2. The standard InChI is InChI=1S/C9H17N3O/c1-4-13-6-9(10)8-5-12(3)11-7(8)2/h5,9H,4,6,10H2,1-3H3. The van der Waals surface area contributed by atoms with E-state index >= 15 is 0 Å². The minimum atomic E-state index is -0.0614. The van der Waals surface area contributed by atoms with Gasteiger partial charge in [0.15, 0.2) is 0 Å². The van der Waals surface area contributed by atoms with Crippen molar-refractivity contribution in [3.63, 3.8) is 0 Å². The highest BCUT2D eigenvalue weighted by Crippen LogP contribution is 2.13. The van der Waals surface area contributed by atoms with Crippen molar-refractivity contribution in [1.82, 2.24) is 9.78 Å². The van der Waals surface area contributed by atoms with Crippen LogP contribution in [0, 0.1) is 6.92 Å². The van der Waals surface area contributed by atoms with E-state index in [1.165, 1.54) is 0 Å². The molecule has 0 bridgehead atoms. The zero-order valence-electron chi connectivity index (χ0n) is 8.45. The lowest BCUT2D eigenvalue weighted by atomic mass is 10.1. The highest BCUT2D eigenvalue weighted by molar-refractivity contribution is 5.19. The molecule has 4 heteroatoms. The maximum absolute atomic E-state index is 5.92. The van der Waals surface area contributed by atoms with Crippen LogP contribution in [-0.2, 0) is 11.8 Å². The minimum absolute atomic E-state index is 0.0614. The second-order valence-corrected chi connectivity index (χ2v) is 3.11. The van der Waals surface area contributed by atoms with Crippen LogP contribution in [0.3, 0.4) is 0 Å². The Bertz CT molecular complexity index is 270. The monoisotopic (exact) mass is 183 g/mol. The van der Waals surface area contributed by atoms with Crippen LogP contribution in [0.1, 0.15) is 24.2 Å². The van der Waals surface area contributed by atoms with Crippen LogP contribution in [0.25, 0.3) is 0 Å². The Morgan fingerprint density at radius 3 is 2.85 bits per heavy atom. The van der Waals surface area contributed by atoms with Crippen LogP contribution >= 0.6 is 0 Å². The van der Waals surface area contributed by atoms with E-state index in [4.69, 9.17) is 10.5 Å². The Labute approximate surface area is 78.7 Å². The first-order valence-electron chi connectivity index (χ1n) is 4.48. The summed E-state index contributed by atoms with van der Waals surface area (Å²) in [4.78, 5) is 0. The van der Waals surface area contributed by atoms with Gasteiger partial charge < -0.3 is 10.5 Å². The highest BCUT2D eigenvalue weighted by atomic mass is 16.5. The van der Waals surface area contributed by atoms with Crippen LogP contribution in [0.2, 0.25) is 0 Å². The molecule has 0 aromatic carbocycles. The second kappa shape index (κ2) is 4.39. The molecule has 0 spiro atoms. The molecule has 0 radical (unpaired) electrons. The van der Waals surface area contributed by atoms with Crippen LogP contribution in [0.5, 0.6) is 0 Å². The van der Waals surface area contributed by atoms with Gasteiger partial charge in [-0.15, -0.1) is 0 Å². The molecule has 0 fully saturated rings. The highest BCUT2D eigenvalue weighted by Gasteiger charge is 2.11. The Morgan fingerprint density at radius 1 is 1.69 bits per heavy atom. The molecule has 1 heterocycles. The molecule has 0 saturated carbocycles. The van der Waals surface area contributed by atoms with E-state index in [-0.39, 0.29) is 6.04 Å². The van der Waals surface area contributed by atoms with Crippen molar-refractivity contribution in [3.05, 3.63) is 17.5 Å². The van der Waals surface area contributed by atoms with Gasteiger partial charge in [-0.25, -0.2) is 0 Å². The summed E-state index contributed by atoms with van der Waals surface area (Å²) in [5, 5.41) is 4.22. The summed E-state index contributed by atoms with van der Waals surface area (Å²) in [7, 11) is 1.89. The molecule has 0 aliphatic rings. The predicted octanol–water partition coefficient (Wildman–Crippen LogP) is 0.765. The third kappa shape index (κ3) is 2.54. The van der Waals surface area contributed by atoms with Crippen LogP contribution in [-0.4, -0.2) is 23.0 Å². The van der Waals surface area contributed by atoms with Gasteiger partial charge in [0.1, 0.15) is 0 Å². The SMILES string of the molecule is CCOCC(N)c1cn(C)nc1C. The third-order valence-corrected chi connectivity index (χ3v) is 1.95. The average molecular weight is 183 g/mol. The van der Waals surface area contributed by atoms with E-state index in [2.05, 4.69) is 5.10 Å². The molecule has 1 atom stereocenters. The molecule has 1 rings (SSSR count). The molecule has 1 unspecified atom stereocenters. The van der Waals surface area contributed by atoms with Gasteiger partial charge in [-0.2, -0.15) is 5.10 Å². The first-order chi connectivity index (χ1) is 6.15. The zero-order valence-corrected chi connectivity index (χ0v) is 8.45. The van der Waals surface area contributed by atoms with Gasteiger partial charge in [0.25, 0.3) is 0 Å². The van der Waals surface area contributed by atoms with Gasteiger partial charge in [0, 0.05) is 25.4 Å². The van der Waals surface area contributed by atoms with Gasteiger partial charge in [0.05, 0.1) is 18.3 Å². The van der Waals surface area contributed by atoms with Crippen LogP contribution in [0.15, 0.2) is 6.20 Å². The Hall–Kier alpha value is -0.870. The molecule has 0 aliphatic heterocycles. The smallest absolute Gasteiger partial charge is 0.0660 e. The number of hydrogen-bond donors (Lipinski definition) is 1. The molecule has 0 aliphatic carbocycles. The summed E-state index contributed by atoms with van der Waals surface area (Å²) in [5.74, 6) is 0. The molecule has 4 nitrogen and oxygen atoms in total. The van der Waals surface area contributed by atoms with E-state index < -0.39 is 0 Å². The maximum atomic E-state index is 5.92. The summed E-state index contributed by atoms with van der Waals surface area (Å²) in [5.41, 5.74) is 7.96. The average Bonchev–Trinajstić information content (AvgIpc) is 2.41. The number of rotatable bonds is 4. The normalized spacial score (nSPS) is 13.2. The lowest BCUT2D eigenvalue weighted by Gasteiger charge is -2.09. The number of ether oxygens (including phenoxy) is 1. The van der Waals surface area contributed by atoms with E-state index in [9.17, 15) is 0 Å². The molecular weight excluding hydrogens is 166 g/mol. The van der Waals surface area contributed by atoms with Crippen molar-refractivity contribution >= 4 is 0 Å². The van der Waals surface area contributed by atoms with E-state index in [1.54, 1.807) is 4.68 Å². The Kier molecular flexibility index (Phi) is 3.45. The molecule has 74 valence electrons. The van der Waals surface area contributed by atoms with Gasteiger partial charge in [0.2, 0.25) is 0 Å². The Balaban J connectivity index is 2.64. The molecule has 0 saturated heterocycles. The summed E-state index contributed by atoms with van der Waals surface area (Å²) in [6, 6.07) is -0.0614. The summed E-state index contributed by atoms with van der Waals surface area (Å²) in [6.07, 6.45) is 1.94. The third-order valence-electron chi connectivity index (χ3n) is 1.95. The van der Waals surface area contributed by atoms with E-state index in [1.807, 2.05) is 27.1 Å². The summed E-state index contributed by atoms with van der Waals surface area (Å²) >= 11 is 0. The number of hydrogen-bond acceptors (Lipinski definition) is 3. The largest absolute Gasteiger partial charge is 0.380 e. The van der Waals surface area contributed by atoms with Gasteiger partial charge in [-0.1, -0.05) is 0 Å². The molecule has 0 amide bonds. The van der Waals surface area contributed by atoms with Crippen LogP contribution < -0.4 is 5.73 Å². The maximum Gasteiger partial charge on any atom is 0.0660 e. The first-order valence-corrected chi connectivity index (χ1v) is 4.48. The number of aryl methyl sites for hydroxylation is 2. The topological polar surface area (TPSA) is 53.1 Å². The fourth-order valence-electron chi connectivity index (χ4n) is 1.32. The number of nitrogens with zero attached hydrogens (tertiary/aromatic N) is 2. The zero-order chi connectivity index (χ0) is 9.84. The van der Waals surface area contributed by atoms with Gasteiger partial charge in [-0.3, -0.25) is 4.68 Å². The lowest BCUT2D eigenvalue weighted by molar-refractivity contribution is 0.133. The van der Waals surface area contributed by atoms with Crippen molar-refractivity contribution in [3.8, 4) is 0 Å². The minimum Gasteiger partial charge on any atom is -0.380 e. The van der Waals surface area contributed by atoms with Crippen molar-refractivity contribution in [2.45, 2.75) is 19.9 Å². The quantitative estimate of drug-likeness (QED) is 0.750. The molecule has 2 N–H and O–H groups in total. The van der Waals surface area contributed by atoms with Crippen molar-refractivity contribution in [2.75, 3.05) is 13.2 Å². The first kappa shape index (κ1) is 10.2. The molecule has 1 aromatic heterocycles. The summed E-state index contributed by atoms with van der Waals surface area (Å²) < 4.78 is 7.03. The Morgan fingerprint density at radius 2 is 2.38 bits per heavy atom. The van der Waals surface area contributed by atoms with Crippen LogP contribution in [0.4, 0.5) is 0 Å². The van der Waals surface area contributed by atoms with Crippen molar-refractivity contribution < 1.29 is 4.74 Å². The fourth-order valence-corrected chi connectivity index (χ4v) is 1.32. The van der Waals surface area contributed by atoms with Gasteiger partial charge >= 0.3 is 0 Å². The lowest BCUT2D eigenvalue weighted by Crippen LogP contribution is -2.17. The fraction of sp³-hybridized carbons (Fsp3) is 0.667. The van der Waals surface area contributed by atoms with E-state index in [0.717, 1.165) is 11.3 Å². The van der Waals surface area contributed by atoms with Crippen molar-refractivity contribution in [1.29, 1.82) is 0 Å². The van der Waals surface area contributed by atoms with Crippen molar-refractivity contribution in [2.24, 2.45) is 12.8 Å². The predicted molar refractivity (Wildman–Crippen MR) is 51.4 cm³/mol. The summed E-state index contributed by atoms with van der Waals surface area (Å²) in [6.45, 7) is 5.18. The molecule has 1 aromatic rings. The van der Waals surface area contributed by atoms with E-state index in [0.29, 0.717) is 13.2 Å². The molecule has 13 heavy (non-hydrogen) atoms. The number of nitrogens with two attached hydrogens (primary N) is 1. The second-order valence-electron chi connectivity index (χ2n) is 3.11. The molecular formula is C9H17N3O. The van der Waals surface area contributed by atoms with Gasteiger partial charge in [-0.05, 0) is 13.8 Å².